The van der Waals surface area contributed by atoms with Gasteiger partial charge in [0.2, 0.25) is 0 Å². The van der Waals surface area contributed by atoms with Gasteiger partial charge in [-0.3, -0.25) is 4.90 Å². The van der Waals surface area contributed by atoms with E-state index >= 15 is 0 Å². The van der Waals surface area contributed by atoms with Gasteiger partial charge < -0.3 is 5.32 Å². The van der Waals surface area contributed by atoms with E-state index in [0.29, 0.717) is 12.1 Å². The van der Waals surface area contributed by atoms with Gasteiger partial charge in [0.05, 0.1) is 6.54 Å². The number of nitrogens with one attached hydrogen (secondary N) is 1. The molecule has 1 heterocycles. The van der Waals surface area contributed by atoms with Crippen molar-refractivity contribution in [3.63, 3.8) is 0 Å². The van der Waals surface area contributed by atoms with Crippen molar-refractivity contribution >= 4 is 0 Å². The predicted molar refractivity (Wildman–Crippen MR) is 47.3 cm³/mol. The largest absolute Gasteiger partial charge is 0.311 e. The summed E-state index contributed by atoms with van der Waals surface area (Å²) in [6.45, 7) is 7.31. The zero-order valence-electron chi connectivity index (χ0n) is 7.30. The molecule has 1 saturated heterocycles. The molecule has 1 fully saturated rings. The fraction of sp³-hybridized carbons (Fsp3) is 0.778. The molecule has 62 valence electrons. The first-order valence-electron chi connectivity index (χ1n) is 4.15. The van der Waals surface area contributed by atoms with Crippen molar-refractivity contribution in [2.24, 2.45) is 0 Å². The van der Waals surface area contributed by atoms with Gasteiger partial charge >= 0.3 is 0 Å². The minimum atomic E-state index is 0.583. The molecule has 1 aliphatic heterocycles. The number of piperazine rings is 1. The summed E-state index contributed by atoms with van der Waals surface area (Å²) in [6, 6.07) is 1.17. The van der Waals surface area contributed by atoms with Gasteiger partial charge in [-0.25, -0.2) is 0 Å². The monoisotopic (exact) mass is 152 g/mol. The van der Waals surface area contributed by atoms with Crippen LogP contribution in [0, 0.1) is 12.3 Å². The second-order valence-electron chi connectivity index (χ2n) is 3.29. The summed E-state index contributed by atoms with van der Waals surface area (Å²) in [4.78, 5) is 2.33. The topological polar surface area (TPSA) is 15.3 Å². The van der Waals surface area contributed by atoms with Gasteiger partial charge in [0.25, 0.3) is 0 Å². The Balaban J connectivity index is 2.42. The Hall–Kier alpha value is -0.520. The molecule has 0 aromatic rings. The van der Waals surface area contributed by atoms with Crippen LogP contribution in [0.1, 0.15) is 13.8 Å². The van der Waals surface area contributed by atoms with E-state index in [1.165, 1.54) is 0 Å². The Morgan fingerprint density at radius 2 is 2.36 bits per heavy atom. The van der Waals surface area contributed by atoms with Crippen LogP contribution in [0.2, 0.25) is 0 Å². The highest BCUT2D eigenvalue weighted by molar-refractivity contribution is 4.92. The average molecular weight is 152 g/mol. The zero-order valence-corrected chi connectivity index (χ0v) is 7.30. The number of hydrogen-bond acceptors (Lipinski definition) is 2. The van der Waals surface area contributed by atoms with Crippen molar-refractivity contribution in [1.29, 1.82) is 0 Å². The molecule has 0 saturated carbocycles. The van der Waals surface area contributed by atoms with E-state index in [2.05, 4.69) is 30.0 Å². The molecule has 2 unspecified atom stereocenters. The first-order valence-corrected chi connectivity index (χ1v) is 4.15. The van der Waals surface area contributed by atoms with Crippen LogP contribution in [0.5, 0.6) is 0 Å². The molecular formula is C9H16N2. The highest BCUT2D eigenvalue weighted by Crippen LogP contribution is 2.04. The Bertz CT molecular complexity index is 159. The third kappa shape index (κ3) is 2.21. The van der Waals surface area contributed by atoms with Crippen LogP contribution in [0.15, 0.2) is 0 Å². The van der Waals surface area contributed by atoms with E-state index in [0.717, 1.165) is 19.6 Å². The van der Waals surface area contributed by atoms with Crippen molar-refractivity contribution < 1.29 is 0 Å². The fourth-order valence-corrected chi connectivity index (χ4v) is 1.43. The van der Waals surface area contributed by atoms with Crippen molar-refractivity contribution in [2.75, 3.05) is 19.6 Å². The summed E-state index contributed by atoms with van der Waals surface area (Å²) in [5.74, 6) is 2.69. The molecule has 0 radical (unpaired) electrons. The maximum atomic E-state index is 5.25. The fourth-order valence-electron chi connectivity index (χ4n) is 1.43. The molecule has 2 heteroatoms. The van der Waals surface area contributed by atoms with E-state index in [-0.39, 0.29) is 0 Å². The Morgan fingerprint density at radius 1 is 1.64 bits per heavy atom. The third-order valence-corrected chi connectivity index (χ3v) is 2.19. The molecule has 2 atom stereocenters. The quantitative estimate of drug-likeness (QED) is 0.544. The lowest BCUT2D eigenvalue weighted by Gasteiger charge is -2.36. The predicted octanol–water partition coefficient (Wildman–Crippen LogP) is 0.302. The average Bonchev–Trinajstić information content (AvgIpc) is 1.98. The summed E-state index contributed by atoms with van der Waals surface area (Å²) in [6.07, 6.45) is 5.25. The Morgan fingerprint density at radius 3 is 3.00 bits per heavy atom. The molecular weight excluding hydrogens is 136 g/mol. The second-order valence-corrected chi connectivity index (χ2v) is 3.29. The van der Waals surface area contributed by atoms with E-state index in [1.807, 2.05) is 0 Å². The standard InChI is InChI=1S/C9H16N2/c1-4-5-11-7-8(2)10-6-9(11)3/h1,8-10H,5-7H2,2-3H3. The summed E-state index contributed by atoms with van der Waals surface area (Å²) in [5, 5.41) is 3.41. The number of terminal acetylenes is 1. The van der Waals surface area contributed by atoms with E-state index in [4.69, 9.17) is 6.42 Å². The van der Waals surface area contributed by atoms with Crippen molar-refractivity contribution in [3.8, 4) is 12.3 Å². The van der Waals surface area contributed by atoms with Gasteiger partial charge in [0, 0.05) is 25.2 Å². The van der Waals surface area contributed by atoms with E-state index in [1.54, 1.807) is 0 Å². The van der Waals surface area contributed by atoms with Gasteiger partial charge in [-0.05, 0) is 13.8 Å². The van der Waals surface area contributed by atoms with E-state index < -0.39 is 0 Å². The summed E-state index contributed by atoms with van der Waals surface area (Å²) >= 11 is 0. The van der Waals surface area contributed by atoms with Crippen molar-refractivity contribution in [3.05, 3.63) is 0 Å². The third-order valence-electron chi connectivity index (χ3n) is 2.19. The SMILES string of the molecule is C#CCN1CC(C)NCC1C. The molecule has 1 N–H and O–H groups in total. The van der Waals surface area contributed by atoms with Gasteiger partial charge in [-0.1, -0.05) is 5.92 Å². The molecule has 0 aromatic carbocycles. The van der Waals surface area contributed by atoms with Crippen LogP contribution in [0.4, 0.5) is 0 Å². The number of nitrogens with zero attached hydrogens (tertiary/aromatic N) is 1. The molecule has 0 amide bonds. The van der Waals surface area contributed by atoms with Crippen LogP contribution >= 0.6 is 0 Å². The molecule has 0 aromatic heterocycles. The summed E-state index contributed by atoms with van der Waals surface area (Å²) in [7, 11) is 0. The first kappa shape index (κ1) is 8.58. The Kier molecular flexibility index (Phi) is 2.92. The van der Waals surface area contributed by atoms with Gasteiger partial charge in [0.1, 0.15) is 0 Å². The smallest absolute Gasteiger partial charge is 0.0602 e. The van der Waals surface area contributed by atoms with Crippen LogP contribution in [-0.2, 0) is 0 Å². The first-order chi connectivity index (χ1) is 5.24. The van der Waals surface area contributed by atoms with Crippen LogP contribution < -0.4 is 5.32 Å². The minimum absolute atomic E-state index is 0.583. The maximum absolute atomic E-state index is 5.25. The van der Waals surface area contributed by atoms with Crippen LogP contribution in [0.3, 0.4) is 0 Å². The summed E-state index contributed by atoms with van der Waals surface area (Å²) < 4.78 is 0. The van der Waals surface area contributed by atoms with Crippen molar-refractivity contribution in [1.82, 2.24) is 10.2 Å². The van der Waals surface area contributed by atoms with Gasteiger partial charge in [0.15, 0.2) is 0 Å². The Labute approximate surface area is 69.0 Å². The van der Waals surface area contributed by atoms with Crippen molar-refractivity contribution in [2.45, 2.75) is 25.9 Å². The number of hydrogen-bond donors (Lipinski definition) is 1. The molecule has 2 nitrogen and oxygen atoms in total. The zero-order chi connectivity index (χ0) is 8.27. The molecule has 0 spiro atoms. The second kappa shape index (κ2) is 3.75. The molecule has 11 heavy (non-hydrogen) atoms. The highest BCUT2D eigenvalue weighted by atomic mass is 15.2. The lowest BCUT2D eigenvalue weighted by Crippen LogP contribution is -2.54. The lowest BCUT2D eigenvalue weighted by atomic mass is 10.1. The molecule has 1 aliphatic rings. The van der Waals surface area contributed by atoms with Crippen LogP contribution in [-0.4, -0.2) is 36.6 Å². The maximum Gasteiger partial charge on any atom is 0.0602 e. The molecule has 0 bridgehead atoms. The summed E-state index contributed by atoms with van der Waals surface area (Å²) in [5.41, 5.74) is 0. The van der Waals surface area contributed by atoms with Gasteiger partial charge in [-0.2, -0.15) is 0 Å². The number of rotatable bonds is 1. The van der Waals surface area contributed by atoms with E-state index in [9.17, 15) is 0 Å². The van der Waals surface area contributed by atoms with Gasteiger partial charge in [-0.15, -0.1) is 6.42 Å². The normalized spacial score (nSPS) is 33.2. The molecule has 0 aliphatic carbocycles. The van der Waals surface area contributed by atoms with Crippen LogP contribution in [0.25, 0.3) is 0 Å². The minimum Gasteiger partial charge on any atom is -0.311 e. The molecule has 1 rings (SSSR count). The lowest BCUT2D eigenvalue weighted by molar-refractivity contribution is 0.165. The highest BCUT2D eigenvalue weighted by Gasteiger charge is 2.20.